The van der Waals surface area contributed by atoms with Gasteiger partial charge in [-0.2, -0.15) is 5.10 Å². The van der Waals surface area contributed by atoms with E-state index in [1.807, 2.05) is 13.8 Å². The van der Waals surface area contributed by atoms with Gasteiger partial charge in [-0.25, -0.2) is 23.3 Å². The van der Waals surface area contributed by atoms with Crippen LogP contribution in [-0.4, -0.2) is 67.8 Å². The van der Waals surface area contributed by atoms with Crippen molar-refractivity contribution in [1.29, 1.82) is 0 Å². The number of carbonyl (C=O) groups excluding carboxylic acids is 1. The molecule has 2 heterocycles. The zero-order valence-corrected chi connectivity index (χ0v) is 24.8. The Hall–Kier alpha value is -4.21. The van der Waals surface area contributed by atoms with E-state index in [1.165, 1.54) is 29.3 Å². The Bertz CT molecular complexity index is 1630. The van der Waals surface area contributed by atoms with Crippen LogP contribution in [0.3, 0.4) is 0 Å². The van der Waals surface area contributed by atoms with Gasteiger partial charge in [0.2, 0.25) is 5.91 Å². The number of anilines is 3. The van der Waals surface area contributed by atoms with Gasteiger partial charge in [-0.15, -0.1) is 0 Å². The average molecular weight is 636 g/mol. The minimum atomic E-state index is -4.47. The molecule has 0 atom stereocenters. The average Bonchev–Trinajstić information content (AvgIpc) is 3.38. The van der Waals surface area contributed by atoms with Crippen LogP contribution in [0.2, 0.25) is 0 Å². The van der Waals surface area contributed by atoms with Gasteiger partial charge in [-0.3, -0.25) is 14.0 Å². The Kier molecular flexibility index (Phi) is 11.1. The number of nitrogens with one attached hydrogen (secondary N) is 3. The lowest BCUT2D eigenvalue weighted by Gasteiger charge is -2.16. The third-order valence-corrected chi connectivity index (χ3v) is 6.29. The zero-order valence-electron chi connectivity index (χ0n) is 23.9. The number of phosphoric ester groups is 1. The van der Waals surface area contributed by atoms with E-state index in [9.17, 15) is 18.1 Å². The number of phosphoric acid groups is 1. The molecule has 0 aliphatic rings. The summed E-state index contributed by atoms with van der Waals surface area (Å²) in [6.07, 6.45) is 4.86. The molecule has 4 aromatic rings. The van der Waals surface area contributed by atoms with Crippen molar-refractivity contribution in [2.45, 2.75) is 32.9 Å². The van der Waals surface area contributed by atoms with Gasteiger partial charge in [-0.1, -0.05) is 6.07 Å². The zero-order chi connectivity index (χ0) is 31.7. The first kappa shape index (κ1) is 32.7. The van der Waals surface area contributed by atoms with Crippen LogP contribution >= 0.6 is 7.82 Å². The predicted octanol–water partition coefficient (Wildman–Crippen LogP) is 3.74. The molecule has 0 radical (unpaired) electrons. The lowest BCUT2D eigenvalue weighted by molar-refractivity contribution is -0.116. The molecule has 0 aliphatic heterocycles. The summed E-state index contributed by atoms with van der Waals surface area (Å²) in [5.41, 5.74) is 0.785. The number of aromatic nitrogens is 4. The third-order valence-electron chi connectivity index (χ3n) is 5.77. The predicted molar refractivity (Wildman–Crippen MR) is 157 cm³/mol. The standard InChI is InChI=1S/C27H32F2N7O7P/c1-17(2)43-23-12-19(41-9-4-7-30-8-10-42-44(38,39)40)11-22-25(23)27(32-16-31-22)34-18-13-33-36(14-18)15-24(37)35-21-6-3-5-20(28)26(21)29/h3,5-6,11-14,16-17,30H,4,7-10,15H2,1-2H3,(H,35,37)(H,31,32,34)(H2,38,39,40). The van der Waals surface area contributed by atoms with Crippen LogP contribution in [0, 0.1) is 11.6 Å². The van der Waals surface area contributed by atoms with E-state index in [1.54, 1.807) is 18.3 Å². The van der Waals surface area contributed by atoms with Gasteiger partial charge in [0.15, 0.2) is 11.6 Å². The molecule has 4 rings (SSSR count). The molecule has 236 valence electrons. The fourth-order valence-electron chi connectivity index (χ4n) is 3.99. The number of halogens is 2. The molecule has 2 aromatic heterocycles. The quantitative estimate of drug-likeness (QED) is 0.0890. The first-order valence-electron chi connectivity index (χ1n) is 13.5. The smallest absolute Gasteiger partial charge is 0.469 e. The van der Waals surface area contributed by atoms with Crippen LogP contribution in [0.25, 0.3) is 10.9 Å². The maximum Gasteiger partial charge on any atom is 0.469 e. The molecule has 0 bridgehead atoms. The molecule has 0 saturated heterocycles. The Morgan fingerprint density at radius 1 is 1.14 bits per heavy atom. The topological polar surface area (TPSA) is 182 Å². The van der Waals surface area contributed by atoms with Crippen molar-refractivity contribution in [3.8, 4) is 11.5 Å². The SMILES string of the molecule is CC(C)Oc1cc(OCCCNCCOP(=O)(O)O)cc2ncnc(Nc3cnn(CC(=O)Nc4cccc(F)c4F)c3)c12. The molecule has 0 saturated carbocycles. The molecule has 1 amide bonds. The van der Waals surface area contributed by atoms with Gasteiger partial charge in [0.1, 0.15) is 30.2 Å². The van der Waals surface area contributed by atoms with Crippen LogP contribution in [-0.2, 0) is 20.4 Å². The second-order valence-electron chi connectivity index (χ2n) is 9.68. The van der Waals surface area contributed by atoms with Crippen molar-refractivity contribution in [3.63, 3.8) is 0 Å². The Morgan fingerprint density at radius 3 is 2.73 bits per heavy atom. The third kappa shape index (κ3) is 9.65. The highest BCUT2D eigenvalue weighted by atomic mass is 31.2. The van der Waals surface area contributed by atoms with Crippen LogP contribution in [0.15, 0.2) is 49.1 Å². The minimum absolute atomic E-state index is 0.115. The van der Waals surface area contributed by atoms with E-state index >= 15 is 0 Å². The summed E-state index contributed by atoms with van der Waals surface area (Å²) >= 11 is 0. The van der Waals surface area contributed by atoms with Crippen molar-refractivity contribution < 1.29 is 41.9 Å². The summed E-state index contributed by atoms with van der Waals surface area (Å²) in [4.78, 5) is 38.5. The highest BCUT2D eigenvalue weighted by Gasteiger charge is 2.17. The number of amides is 1. The number of hydrogen-bond acceptors (Lipinski definition) is 10. The maximum atomic E-state index is 13.9. The van der Waals surface area contributed by atoms with Crippen molar-refractivity contribution in [2.24, 2.45) is 0 Å². The summed E-state index contributed by atoms with van der Waals surface area (Å²) in [6.45, 7) is 4.57. The number of hydrogen-bond donors (Lipinski definition) is 5. The molecule has 5 N–H and O–H groups in total. The molecule has 0 spiro atoms. The molecule has 2 aromatic carbocycles. The molecule has 0 aliphatic carbocycles. The molecule has 17 heteroatoms. The Balaban J connectivity index is 1.40. The van der Waals surface area contributed by atoms with E-state index in [0.29, 0.717) is 53.5 Å². The van der Waals surface area contributed by atoms with E-state index < -0.39 is 25.4 Å². The van der Waals surface area contributed by atoms with Gasteiger partial charge >= 0.3 is 7.82 Å². The summed E-state index contributed by atoms with van der Waals surface area (Å²) in [5, 5.41) is 13.2. The first-order valence-corrected chi connectivity index (χ1v) is 15.0. The van der Waals surface area contributed by atoms with Crippen molar-refractivity contribution >= 4 is 41.8 Å². The molecular formula is C27H32F2N7O7P. The molecule has 14 nitrogen and oxygen atoms in total. The number of rotatable bonds is 16. The molecule has 0 fully saturated rings. The minimum Gasteiger partial charge on any atom is -0.493 e. The fourth-order valence-corrected chi connectivity index (χ4v) is 4.32. The van der Waals surface area contributed by atoms with Crippen LogP contribution in [0.1, 0.15) is 20.3 Å². The van der Waals surface area contributed by atoms with Gasteiger partial charge in [0, 0.05) is 24.9 Å². The lowest BCUT2D eigenvalue weighted by Crippen LogP contribution is -2.21. The second kappa shape index (κ2) is 15.0. The van der Waals surface area contributed by atoms with Crippen LogP contribution in [0.4, 0.5) is 26.0 Å². The Labute approximate surface area is 251 Å². The van der Waals surface area contributed by atoms with Crippen molar-refractivity contribution in [1.82, 2.24) is 25.1 Å². The normalized spacial score (nSPS) is 11.6. The van der Waals surface area contributed by atoms with Gasteiger partial charge in [0.25, 0.3) is 0 Å². The first-order chi connectivity index (χ1) is 21.0. The number of ether oxygens (including phenoxy) is 2. The monoisotopic (exact) mass is 635 g/mol. The van der Waals surface area contributed by atoms with Crippen LogP contribution < -0.4 is 25.4 Å². The maximum absolute atomic E-state index is 13.9. The van der Waals surface area contributed by atoms with Gasteiger partial charge in [0.05, 0.1) is 47.8 Å². The van der Waals surface area contributed by atoms with E-state index in [-0.39, 0.29) is 31.5 Å². The highest BCUT2D eigenvalue weighted by molar-refractivity contribution is 7.46. The van der Waals surface area contributed by atoms with E-state index in [0.717, 1.165) is 6.07 Å². The van der Waals surface area contributed by atoms with Crippen molar-refractivity contribution in [3.05, 3.63) is 60.7 Å². The molecular weight excluding hydrogens is 603 g/mol. The summed E-state index contributed by atoms with van der Waals surface area (Å²) in [5.74, 6) is -1.38. The van der Waals surface area contributed by atoms with E-state index in [2.05, 4.69) is 35.5 Å². The van der Waals surface area contributed by atoms with Gasteiger partial charge in [-0.05, 0) is 38.9 Å². The highest BCUT2D eigenvalue weighted by Crippen LogP contribution is 2.36. The summed E-state index contributed by atoms with van der Waals surface area (Å²) in [7, 11) is -4.47. The summed E-state index contributed by atoms with van der Waals surface area (Å²) < 4.78 is 55.7. The fraction of sp³-hybridized carbons (Fsp3) is 0.333. The Morgan fingerprint density at radius 2 is 1.95 bits per heavy atom. The number of fused-ring (bicyclic) bond motifs is 1. The van der Waals surface area contributed by atoms with Gasteiger partial charge < -0.3 is 35.2 Å². The molecule has 0 unspecified atom stereocenters. The number of nitrogens with zero attached hydrogens (tertiary/aromatic N) is 4. The number of benzene rings is 2. The number of carbonyl (C=O) groups is 1. The van der Waals surface area contributed by atoms with Crippen LogP contribution in [0.5, 0.6) is 11.5 Å². The lowest BCUT2D eigenvalue weighted by atomic mass is 10.2. The largest absolute Gasteiger partial charge is 0.493 e. The summed E-state index contributed by atoms with van der Waals surface area (Å²) in [6, 6.07) is 6.99. The van der Waals surface area contributed by atoms with Crippen molar-refractivity contribution in [2.75, 3.05) is 36.9 Å². The van der Waals surface area contributed by atoms with E-state index in [4.69, 9.17) is 19.3 Å². The molecule has 44 heavy (non-hydrogen) atoms. The second-order valence-corrected chi connectivity index (χ2v) is 10.9.